The van der Waals surface area contributed by atoms with Crippen LogP contribution >= 0.6 is 0 Å². The quantitative estimate of drug-likeness (QED) is 0.871. The third-order valence-electron chi connectivity index (χ3n) is 5.15. The van der Waals surface area contributed by atoms with E-state index in [1.165, 1.54) is 76.9 Å². The number of hydrogen-bond donors (Lipinski definition) is 1. The molecule has 122 valence electrons. The van der Waals surface area contributed by atoms with Gasteiger partial charge < -0.3 is 10.2 Å². The average molecular weight is 301 g/mol. The summed E-state index contributed by atoms with van der Waals surface area (Å²) in [7, 11) is 0. The molecule has 0 aliphatic carbocycles. The largest absolute Gasteiger partial charge is 0.313 e. The van der Waals surface area contributed by atoms with Gasteiger partial charge >= 0.3 is 0 Å². The smallest absolute Gasteiger partial charge is 0.0233 e. The number of likely N-dealkylation sites (tertiary alicyclic amines) is 2. The van der Waals surface area contributed by atoms with E-state index in [1.54, 1.807) is 0 Å². The predicted octanol–water partition coefficient (Wildman–Crippen LogP) is 2.73. The lowest BCUT2D eigenvalue weighted by Gasteiger charge is -2.33. The molecule has 0 radical (unpaired) electrons. The van der Waals surface area contributed by atoms with E-state index in [0.717, 1.165) is 12.6 Å². The SMILES string of the molecule is c1ccc(CN2CCC(NCCN3CCCCC3)CC2)cc1. The Morgan fingerprint density at radius 1 is 0.864 bits per heavy atom. The van der Waals surface area contributed by atoms with Crippen molar-refractivity contribution in [1.29, 1.82) is 0 Å². The van der Waals surface area contributed by atoms with E-state index in [2.05, 4.69) is 45.4 Å². The summed E-state index contributed by atoms with van der Waals surface area (Å²) in [6.07, 6.45) is 6.83. The van der Waals surface area contributed by atoms with Crippen LogP contribution in [0.4, 0.5) is 0 Å². The van der Waals surface area contributed by atoms with Gasteiger partial charge in [0.2, 0.25) is 0 Å². The van der Waals surface area contributed by atoms with Crippen LogP contribution in [0.1, 0.15) is 37.7 Å². The fourth-order valence-corrected chi connectivity index (χ4v) is 3.75. The fraction of sp³-hybridized carbons (Fsp3) is 0.684. The summed E-state index contributed by atoms with van der Waals surface area (Å²) in [5.41, 5.74) is 1.44. The highest BCUT2D eigenvalue weighted by Crippen LogP contribution is 2.14. The summed E-state index contributed by atoms with van der Waals surface area (Å²) in [5, 5.41) is 3.78. The van der Waals surface area contributed by atoms with Gasteiger partial charge in [0.1, 0.15) is 0 Å². The lowest BCUT2D eigenvalue weighted by atomic mass is 10.0. The topological polar surface area (TPSA) is 18.5 Å². The van der Waals surface area contributed by atoms with Gasteiger partial charge in [-0.1, -0.05) is 36.8 Å². The molecule has 2 aliphatic heterocycles. The molecule has 0 saturated carbocycles. The van der Waals surface area contributed by atoms with Gasteiger partial charge in [0.05, 0.1) is 0 Å². The molecule has 2 heterocycles. The predicted molar refractivity (Wildman–Crippen MR) is 93.0 cm³/mol. The summed E-state index contributed by atoms with van der Waals surface area (Å²) in [4.78, 5) is 5.22. The van der Waals surface area contributed by atoms with Crippen LogP contribution < -0.4 is 5.32 Å². The van der Waals surface area contributed by atoms with Gasteiger partial charge in [-0.15, -0.1) is 0 Å². The zero-order chi connectivity index (χ0) is 15.0. The summed E-state index contributed by atoms with van der Waals surface area (Å²) in [6, 6.07) is 11.6. The van der Waals surface area contributed by atoms with Crippen LogP contribution in [0, 0.1) is 0 Å². The van der Waals surface area contributed by atoms with E-state index in [4.69, 9.17) is 0 Å². The molecular weight excluding hydrogens is 270 g/mol. The van der Waals surface area contributed by atoms with Crippen molar-refractivity contribution >= 4 is 0 Å². The lowest BCUT2D eigenvalue weighted by molar-refractivity contribution is 0.182. The van der Waals surface area contributed by atoms with Crippen molar-refractivity contribution < 1.29 is 0 Å². The average Bonchev–Trinajstić information content (AvgIpc) is 2.58. The van der Waals surface area contributed by atoms with E-state index in [1.807, 2.05) is 0 Å². The number of nitrogens with zero attached hydrogens (tertiary/aromatic N) is 2. The van der Waals surface area contributed by atoms with Crippen molar-refractivity contribution in [2.75, 3.05) is 39.3 Å². The van der Waals surface area contributed by atoms with Gasteiger partial charge in [0.25, 0.3) is 0 Å². The second-order valence-electron chi connectivity index (χ2n) is 6.89. The van der Waals surface area contributed by atoms with Crippen molar-refractivity contribution in [1.82, 2.24) is 15.1 Å². The van der Waals surface area contributed by atoms with E-state index in [-0.39, 0.29) is 0 Å². The molecule has 0 spiro atoms. The molecule has 3 rings (SSSR count). The molecule has 0 atom stereocenters. The molecule has 2 aliphatic rings. The van der Waals surface area contributed by atoms with E-state index in [0.29, 0.717) is 0 Å². The summed E-state index contributed by atoms with van der Waals surface area (Å²) in [5.74, 6) is 0. The summed E-state index contributed by atoms with van der Waals surface area (Å²) < 4.78 is 0. The molecule has 3 nitrogen and oxygen atoms in total. The molecule has 0 bridgehead atoms. The first-order chi connectivity index (χ1) is 10.9. The molecule has 2 fully saturated rings. The van der Waals surface area contributed by atoms with Crippen LogP contribution in [-0.2, 0) is 6.54 Å². The number of benzene rings is 1. The summed E-state index contributed by atoms with van der Waals surface area (Å²) in [6.45, 7) is 8.62. The maximum absolute atomic E-state index is 3.78. The molecular formula is C19H31N3. The molecule has 1 aromatic carbocycles. The number of nitrogens with one attached hydrogen (secondary N) is 1. The first kappa shape index (κ1) is 16.0. The van der Waals surface area contributed by atoms with Crippen LogP contribution in [-0.4, -0.2) is 55.1 Å². The van der Waals surface area contributed by atoms with Gasteiger partial charge in [-0.2, -0.15) is 0 Å². The van der Waals surface area contributed by atoms with Gasteiger partial charge in [0, 0.05) is 25.7 Å². The minimum absolute atomic E-state index is 0.733. The molecule has 1 aromatic rings. The van der Waals surface area contributed by atoms with E-state index in [9.17, 15) is 0 Å². The monoisotopic (exact) mass is 301 g/mol. The first-order valence-electron chi connectivity index (χ1n) is 9.12. The highest BCUT2D eigenvalue weighted by molar-refractivity contribution is 5.14. The lowest BCUT2D eigenvalue weighted by Crippen LogP contribution is -2.45. The van der Waals surface area contributed by atoms with Crippen molar-refractivity contribution in [3.05, 3.63) is 35.9 Å². The van der Waals surface area contributed by atoms with Crippen LogP contribution in [0.15, 0.2) is 30.3 Å². The molecule has 22 heavy (non-hydrogen) atoms. The van der Waals surface area contributed by atoms with Crippen molar-refractivity contribution in [2.45, 2.75) is 44.7 Å². The standard InChI is InChI=1S/C19H31N3/c1-3-7-18(8-4-1)17-22-14-9-19(10-15-22)20-11-16-21-12-5-2-6-13-21/h1,3-4,7-8,19-20H,2,5-6,9-17H2. The zero-order valence-corrected chi connectivity index (χ0v) is 13.8. The Balaban J connectivity index is 1.30. The van der Waals surface area contributed by atoms with Crippen LogP contribution in [0.2, 0.25) is 0 Å². The van der Waals surface area contributed by atoms with Gasteiger partial charge in [-0.05, 0) is 57.4 Å². The minimum Gasteiger partial charge on any atom is -0.313 e. The Kier molecular flexibility index (Phi) is 6.29. The minimum atomic E-state index is 0.733. The second kappa shape index (κ2) is 8.66. The number of piperidine rings is 2. The Labute approximate surface area is 135 Å². The maximum atomic E-state index is 3.78. The fourth-order valence-electron chi connectivity index (χ4n) is 3.75. The third-order valence-corrected chi connectivity index (χ3v) is 5.15. The van der Waals surface area contributed by atoms with Crippen molar-refractivity contribution in [2.24, 2.45) is 0 Å². The zero-order valence-electron chi connectivity index (χ0n) is 13.8. The Bertz CT molecular complexity index is 406. The third kappa shape index (κ3) is 5.08. The molecule has 2 saturated heterocycles. The van der Waals surface area contributed by atoms with E-state index < -0.39 is 0 Å². The highest BCUT2D eigenvalue weighted by atomic mass is 15.2. The maximum Gasteiger partial charge on any atom is 0.0233 e. The molecule has 0 aromatic heterocycles. The highest BCUT2D eigenvalue weighted by Gasteiger charge is 2.19. The summed E-state index contributed by atoms with van der Waals surface area (Å²) >= 11 is 0. The number of rotatable bonds is 6. The molecule has 1 N–H and O–H groups in total. The number of hydrogen-bond acceptors (Lipinski definition) is 3. The molecule has 0 unspecified atom stereocenters. The Hall–Kier alpha value is -0.900. The van der Waals surface area contributed by atoms with Crippen LogP contribution in [0.3, 0.4) is 0 Å². The van der Waals surface area contributed by atoms with Gasteiger partial charge in [-0.3, -0.25) is 4.90 Å². The van der Waals surface area contributed by atoms with Crippen LogP contribution in [0.5, 0.6) is 0 Å². The Morgan fingerprint density at radius 2 is 1.59 bits per heavy atom. The second-order valence-corrected chi connectivity index (χ2v) is 6.89. The van der Waals surface area contributed by atoms with Gasteiger partial charge in [0.15, 0.2) is 0 Å². The van der Waals surface area contributed by atoms with Gasteiger partial charge in [-0.25, -0.2) is 0 Å². The normalized spacial score (nSPS) is 22.0. The molecule has 3 heteroatoms. The molecule has 0 amide bonds. The van der Waals surface area contributed by atoms with Crippen LogP contribution in [0.25, 0.3) is 0 Å². The van der Waals surface area contributed by atoms with E-state index >= 15 is 0 Å². The van der Waals surface area contributed by atoms with Crippen molar-refractivity contribution in [3.63, 3.8) is 0 Å². The van der Waals surface area contributed by atoms with Crippen molar-refractivity contribution in [3.8, 4) is 0 Å². The Morgan fingerprint density at radius 3 is 2.32 bits per heavy atom. The first-order valence-corrected chi connectivity index (χ1v) is 9.12.